The molecule has 4 aromatic heterocycles. The number of piperidine rings is 1. The van der Waals surface area contributed by atoms with Crippen molar-refractivity contribution in [3.63, 3.8) is 0 Å². The number of likely N-dealkylation sites (tertiary alicyclic amines) is 1. The maximum atomic E-state index is 11.5. The first kappa shape index (κ1) is 36.7. The Bertz CT molecular complexity index is 2150. The number of nitro groups is 1. The Morgan fingerprint density at radius 2 is 1.42 bits per heavy atom. The highest BCUT2D eigenvalue weighted by molar-refractivity contribution is 9.10. The summed E-state index contributed by atoms with van der Waals surface area (Å²) in [6.07, 6.45) is 7.25. The lowest BCUT2D eigenvalue weighted by Crippen LogP contribution is -2.38. The Morgan fingerprint density at radius 3 is 2.13 bits per heavy atom. The number of ether oxygens (including phenoxy) is 3. The van der Waals surface area contributed by atoms with Crippen LogP contribution in [0.1, 0.15) is 19.3 Å². The van der Waals surface area contributed by atoms with Gasteiger partial charge in [0, 0.05) is 60.2 Å². The van der Waals surface area contributed by atoms with Gasteiger partial charge in [-0.25, -0.2) is 19.9 Å². The average molecular weight is 805 g/mol. The van der Waals surface area contributed by atoms with Crippen LogP contribution in [0.25, 0.3) is 45.1 Å². The molecule has 16 heteroatoms. The fourth-order valence-electron chi connectivity index (χ4n) is 6.25. The van der Waals surface area contributed by atoms with Gasteiger partial charge in [-0.2, -0.15) is 0 Å². The highest BCUT2D eigenvalue weighted by Crippen LogP contribution is 2.32. The van der Waals surface area contributed by atoms with E-state index in [2.05, 4.69) is 55.6 Å². The minimum absolute atomic E-state index is 0.0888. The van der Waals surface area contributed by atoms with Crippen molar-refractivity contribution >= 4 is 55.5 Å². The van der Waals surface area contributed by atoms with Gasteiger partial charge < -0.3 is 24.2 Å². The largest absolute Gasteiger partial charge is 0.492 e. The van der Waals surface area contributed by atoms with E-state index in [1.807, 2.05) is 36.4 Å². The molecule has 2 aliphatic heterocycles. The maximum Gasteiger partial charge on any atom is 0.311 e. The van der Waals surface area contributed by atoms with Crippen molar-refractivity contribution in [1.29, 1.82) is 0 Å². The van der Waals surface area contributed by atoms with Crippen molar-refractivity contribution in [2.45, 2.75) is 19.3 Å². The first-order valence-electron chi connectivity index (χ1n) is 17.6. The third-order valence-corrected chi connectivity index (χ3v) is 9.70. The zero-order valence-electron chi connectivity index (χ0n) is 29.0. The Morgan fingerprint density at radius 1 is 0.792 bits per heavy atom. The van der Waals surface area contributed by atoms with Gasteiger partial charge >= 0.3 is 5.69 Å². The van der Waals surface area contributed by atoms with Crippen LogP contribution >= 0.6 is 27.5 Å². The van der Waals surface area contributed by atoms with Gasteiger partial charge in [0.05, 0.1) is 34.2 Å². The SMILES string of the molecule is Clc1cnc2nc(-c3ccc(OCCN4CCCCC4)cc3)[nH]c2c1.O=[N+]([O-])c1cc(-c2nc3ncc(Br)cc3[nH]2)ccc1OCCN1CCOCC1. The molecule has 0 radical (unpaired) electrons. The highest BCUT2D eigenvalue weighted by atomic mass is 79.9. The Kier molecular flexibility index (Phi) is 12.1. The molecule has 2 aromatic carbocycles. The van der Waals surface area contributed by atoms with Crippen molar-refractivity contribution < 1.29 is 19.1 Å². The summed E-state index contributed by atoms with van der Waals surface area (Å²) in [6.45, 7) is 8.31. The van der Waals surface area contributed by atoms with Crippen molar-refractivity contribution in [1.82, 2.24) is 39.7 Å². The van der Waals surface area contributed by atoms with Gasteiger partial charge in [-0.1, -0.05) is 18.0 Å². The van der Waals surface area contributed by atoms with Gasteiger partial charge in [0.1, 0.15) is 30.6 Å². The molecular weight excluding hydrogens is 766 g/mol. The van der Waals surface area contributed by atoms with Crippen molar-refractivity contribution in [2.75, 3.05) is 65.7 Å². The molecule has 6 aromatic rings. The average Bonchev–Trinajstić information content (AvgIpc) is 3.80. The predicted molar refractivity (Wildman–Crippen MR) is 207 cm³/mol. The summed E-state index contributed by atoms with van der Waals surface area (Å²) in [4.78, 5) is 39.5. The number of rotatable bonds is 11. The number of pyridine rings is 2. The van der Waals surface area contributed by atoms with Crippen LogP contribution < -0.4 is 9.47 Å². The molecule has 0 atom stereocenters. The second-order valence-electron chi connectivity index (χ2n) is 12.7. The van der Waals surface area contributed by atoms with E-state index in [1.54, 1.807) is 24.5 Å². The van der Waals surface area contributed by atoms with Gasteiger partial charge in [0.25, 0.3) is 0 Å². The number of hydrogen-bond donors (Lipinski definition) is 2. The fourth-order valence-corrected chi connectivity index (χ4v) is 6.74. The molecule has 2 N–H and O–H groups in total. The number of aromatic amines is 2. The quantitative estimate of drug-likeness (QED) is 0.101. The van der Waals surface area contributed by atoms with E-state index in [0.717, 1.165) is 58.9 Å². The summed E-state index contributed by atoms with van der Waals surface area (Å²) in [5.41, 5.74) is 4.31. The van der Waals surface area contributed by atoms with E-state index in [9.17, 15) is 10.1 Å². The topological polar surface area (TPSA) is 160 Å². The van der Waals surface area contributed by atoms with Crippen LogP contribution in [0.4, 0.5) is 5.69 Å². The van der Waals surface area contributed by atoms with Gasteiger partial charge in [-0.05, 0) is 90.4 Å². The smallest absolute Gasteiger partial charge is 0.311 e. The number of H-pyrrole nitrogens is 2. The number of nitrogens with zero attached hydrogens (tertiary/aromatic N) is 7. The molecule has 6 heterocycles. The zero-order chi connectivity index (χ0) is 36.6. The van der Waals surface area contributed by atoms with E-state index in [-0.39, 0.29) is 11.4 Å². The van der Waals surface area contributed by atoms with Crippen LogP contribution in [0.5, 0.6) is 11.5 Å². The molecular formula is C37H39BrClN9O5. The third kappa shape index (κ3) is 9.66. The van der Waals surface area contributed by atoms with E-state index >= 15 is 0 Å². The van der Waals surface area contributed by atoms with Crippen LogP contribution in [-0.4, -0.2) is 110 Å². The summed E-state index contributed by atoms with van der Waals surface area (Å²) < 4.78 is 17.7. The van der Waals surface area contributed by atoms with Crippen LogP contribution in [0, 0.1) is 10.1 Å². The number of nitro benzene ring substituents is 1. The molecule has 53 heavy (non-hydrogen) atoms. The molecule has 14 nitrogen and oxygen atoms in total. The first-order valence-corrected chi connectivity index (χ1v) is 18.7. The van der Waals surface area contributed by atoms with Gasteiger partial charge in [0.2, 0.25) is 0 Å². The molecule has 0 saturated carbocycles. The number of aromatic nitrogens is 6. The van der Waals surface area contributed by atoms with E-state index in [0.29, 0.717) is 54.1 Å². The minimum atomic E-state index is -0.439. The number of nitrogens with one attached hydrogen (secondary N) is 2. The van der Waals surface area contributed by atoms with E-state index in [1.165, 1.54) is 38.4 Å². The van der Waals surface area contributed by atoms with Crippen LogP contribution in [0.3, 0.4) is 0 Å². The number of benzene rings is 2. The molecule has 2 saturated heterocycles. The van der Waals surface area contributed by atoms with Crippen LogP contribution in [0.15, 0.2) is 71.5 Å². The molecule has 0 spiro atoms. The molecule has 0 unspecified atom stereocenters. The highest BCUT2D eigenvalue weighted by Gasteiger charge is 2.19. The molecule has 0 aliphatic carbocycles. The molecule has 8 rings (SSSR count). The molecule has 0 bridgehead atoms. The van der Waals surface area contributed by atoms with Gasteiger partial charge in [-0.15, -0.1) is 0 Å². The van der Waals surface area contributed by atoms with Crippen LogP contribution in [0.2, 0.25) is 5.02 Å². The molecule has 0 amide bonds. The zero-order valence-corrected chi connectivity index (χ0v) is 31.3. The first-order chi connectivity index (χ1) is 25.9. The number of halogens is 2. The van der Waals surface area contributed by atoms with Crippen molar-refractivity contribution in [2.24, 2.45) is 0 Å². The van der Waals surface area contributed by atoms with E-state index < -0.39 is 4.92 Å². The normalized spacial score (nSPS) is 15.3. The van der Waals surface area contributed by atoms with Crippen molar-refractivity contribution in [3.05, 3.63) is 86.6 Å². The summed E-state index contributed by atoms with van der Waals surface area (Å²) in [7, 11) is 0. The standard InChI is InChI=1S/C19H21ClN4O.C18H18BrN5O4/c20-15-12-17-19(21-13-15)23-18(22-17)14-4-6-16(7-5-14)25-11-10-24-8-2-1-3-9-24;19-13-10-14-18(20-11-13)22-17(21-14)12-1-2-16(15(9-12)24(25)26)28-8-5-23-3-6-27-7-4-23/h4-7,12-13H,1-3,8-11H2,(H,21,22,23);1-2,9-11H,3-8H2,(H,20,21,22). The minimum Gasteiger partial charge on any atom is -0.492 e. The van der Waals surface area contributed by atoms with Crippen LogP contribution in [-0.2, 0) is 4.74 Å². The summed E-state index contributed by atoms with van der Waals surface area (Å²) >= 11 is 9.33. The Balaban J connectivity index is 0.000000165. The Hall–Kier alpha value is -4.67. The summed E-state index contributed by atoms with van der Waals surface area (Å²) in [6, 6.07) is 16.5. The lowest BCUT2D eigenvalue weighted by atomic mass is 10.1. The molecule has 2 aliphatic rings. The molecule has 2 fully saturated rings. The summed E-state index contributed by atoms with van der Waals surface area (Å²) in [5.74, 6) is 2.44. The maximum absolute atomic E-state index is 11.5. The summed E-state index contributed by atoms with van der Waals surface area (Å²) in [5, 5.41) is 12.1. The number of hydrogen-bond acceptors (Lipinski definition) is 11. The monoisotopic (exact) mass is 803 g/mol. The number of morpholine rings is 1. The Labute approximate surface area is 319 Å². The van der Waals surface area contributed by atoms with Crippen molar-refractivity contribution in [3.8, 4) is 34.3 Å². The number of imidazole rings is 2. The van der Waals surface area contributed by atoms with Gasteiger partial charge in [0.15, 0.2) is 17.0 Å². The lowest BCUT2D eigenvalue weighted by Gasteiger charge is -2.26. The van der Waals surface area contributed by atoms with Gasteiger partial charge in [-0.3, -0.25) is 19.9 Å². The second kappa shape index (κ2) is 17.4. The predicted octanol–water partition coefficient (Wildman–Crippen LogP) is 7.15. The third-order valence-electron chi connectivity index (χ3n) is 9.06. The number of fused-ring (bicyclic) bond motifs is 2. The van der Waals surface area contributed by atoms with E-state index in [4.69, 9.17) is 25.8 Å². The fraction of sp³-hybridized carbons (Fsp3) is 0.351. The second-order valence-corrected chi connectivity index (χ2v) is 14.1. The molecule has 276 valence electrons. The lowest BCUT2D eigenvalue weighted by molar-refractivity contribution is -0.385.